The van der Waals surface area contributed by atoms with Crippen LogP contribution in [0.15, 0.2) is 35.5 Å². The van der Waals surface area contributed by atoms with Crippen LogP contribution in [0.5, 0.6) is 0 Å². The minimum absolute atomic E-state index is 0.120. The highest BCUT2D eigenvalue weighted by molar-refractivity contribution is 5.88. The van der Waals surface area contributed by atoms with E-state index in [1.165, 1.54) is 24.8 Å². The Labute approximate surface area is 119 Å². The molecule has 1 atom stereocenters. The molecule has 0 aromatic rings. The van der Waals surface area contributed by atoms with Gasteiger partial charge in [0.15, 0.2) is 5.78 Å². The zero-order chi connectivity index (χ0) is 14.7. The van der Waals surface area contributed by atoms with Crippen molar-refractivity contribution in [3.8, 4) is 0 Å². The van der Waals surface area contributed by atoms with Gasteiger partial charge >= 0.3 is 0 Å². The molecule has 0 spiro atoms. The van der Waals surface area contributed by atoms with E-state index < -0.39 is 0 Å². The molecular formula is C18H30O. The van der Waals surface area contributed by atoms with Gasteiger partial charge in [0.05, 0.1) is 0 Å². The maximum Gasteiger partial charge on any atom is 0.152 e. The quantitative estimate of drug-likeness (QED) is 0.299. The molecule has 0 heterocycles. The fraction of sp³-hybridized carbons (Fsp3) is 0.611. The number of carbonyl (C=O) groups excluding carboxylic acids is 1. The van der Waals surface area contributed by atoms with Gasteiger partial charge < -0.3 is 0 Å². The molecule has 0 fully saturated rings. The number of hydrogen-bond donors (Lipinski definition) is 0. The first-order valence-corrected chi connectivity index (χ1v) is 7.50. The average Bonchev–Trinajstić information content (AvgIpc) is 2.35. The van der Waals surface area contributed by atoms with E-state index in [0.717, 1.165) is 24.3 Å². The lowest BCUT2D eigenvalue weighted by Gasteiger charge is -2.11. The highest BCUT2D eigenvalue weighted by Gasteiger charge is 2.02. The summed E-state index contributed by atoms with van der Waals surface area (Å²) in [7, 11) is 0. The van der Waals surface area contributed by atoms with Crippen molar-refractivity contribution in [1.82, 2.24) is 0 Å². The molecule has 1 unspecified atom stereocenters. The van der Waals surface area contributed by atoms with Crippen molar-refractivity contribution in [3.05, 3.63) is 35.5 Å². The van der Waals surface area contributed by atoms with Gasteiger partial charge in [-0.15, -0.1) is 0 Å². The Kier molecular flexibility index (Phi) is 10.1. The normalized spacial score (nSPS) is 15.0. The van der Waals surface area contributed by atoms with Gasteiger partial charge in [0, 0.05) is 0 Å². The predicted octanol–water partition coefficient (Wildman–Crippen LogP) is 5.63. The molecule has 0 radical (unpaired) electrons. The van der Waals surface area contributed by atoms with Crippen LogP contribution in [0.2, 0.25) is 0 Å². The van der Waals surface area contributed by atoms with Crippen LogP contribution in [0.3, 0.4) is 0 Å². The van der Waals surface area contributed by atoms with Crippen LogP contribution >= 0.6 is 0 Å². The molecule has 0 saturated carbocycles. The molecule has 0 aromatic carbocycles. The molecule has 0 aliphatic heterocycles. The minimum Gasteiger partial charge on any atom is -0.295 e. The monoisotopic (exact) mass is 262 g/mol. The van der Waals surface area contributed by atoms with Crippen LogP contribution in [0, 0.1) is 5.92 Å². The highest BCUT2D eigenvalue weighted by atomic mass is 16.1. The summed E-state index contributed by atoms with van der Waals surface area (Å²) in [6, 6.07) is 0. The smallest absolute Gasteiger partial charge is 0.152 e. The minimum atomic E-state index is 0.120. The van der Waals surface area contributed by atoms with Crippen LogP contribution in [-0.2, 0) is 4.79 Å². The summed E-state index contributed by atoms with van der Waals surface area (Å²) in [5, 5.41) is 0. The van der Waals surface area contributed by atoms with Crippen LogP contribution in [-0.4, -0.2) is 5.78 Å². The van der Waals surface area contributed by atoms with Gasteiger partial charge in [-0.1, -0.05) is 44.1 Å². The summed E-state index contributed by atoms with van der Waals surface area (Å²) >= 11 is 0. The first kappa shape index (κ1) is 17.9. The van der Waals surface area contributed by atoms with Crippen LogP contribution < -0.4 is 0 Å². The average molecular weight is 262 g/mol. The van der Waals surface area contributed by atoms with E-state index in [1.807, 2.05) is 6.92 Å². The van der Waals surface area contributed by atoms with Crippen LogP contribution in [0.4, 0.5) is 0 Å². The molecule has 0 saturated heterocycles. The van der Waals surface area contributed by atoms with Gasteiger partial charge in [-0.25, -0.2) is 0 Å². The van der Waals surface area contributed by atoms with E-state index in [9.17, 15) is 4.79 Å². The Hall–Kier alpha value is -1.11. The van der Waals surface area contributed by atoms with Crippen molar-refractivity contribution < 1.29 is 4.79 Å². The summed E-state index contributed by atoms with van der Waals surface area (Å²) < 4.78 is 0. The summed E-state index contributed by atoms with van der Waals surface area (Å²) in [6.07, 6.45) is 14.3. The summed E-state index contributed by atoms with van der Waals surface area (Å²) in [5.41, 5.74) is 2.54. The second-order valence-electron chi connectivity index (χ2n) is 5.39. The lowest BCUT2D eigenvalue weighted by Crippen LogP contribution is -1.96. The lowest BCUT2D eigenvalue weighted by atomic mass is 9.95. The fourth-order valence-electron chi connectivity index (χ4n) is 2.01. The Balaban J connectivity index is 4.13. The third kappa shape index (κ3) is 10.5. The number of hydrogen-bond acceptors (Lipinski definition) is 1. The number of allylic oxidation sites excluding steroid dienone is 6. The van der Waals surface area contributed by atoms with Crippen molar-refractivity contribution in [1.29, 1.82) is 0 Å². The Morgan fingerprint density at radius 1 is 1.16 bits per heavy atom. The fourth-order valence-corrected chi connectivity index (χ4v) is 2.01. The maximum absolute atomic E-state index is 10.9. The number of rotatable bonds is 9. The molecule has 0 bridgehead atoms. The molecule has 1 nitrogen and oxygen atoms in total. The standard InChI is InChI=1S/C18H30O/c1-6-15(3)10-8-12-18(7-2)13-9-11-16(4)14-17(5)19/h9-11,14,18H,6-8,12-13H2,1-5H3/b11-9+,15-10+,16-14+. The zero-order valence-corrected chi connectivity index (χ0v) is 13.3. The van der Waals surface area contributed by atoms with Crippen molar-refractivity contribution in [2.75, 3.05) is 0 Å². The van der Waals surface area contributed by atoms with Gasteiger partial charge in [0.25, 0.3) is 0 Å². The van der Waals surface area contributed by atoms with E-state index in [-0.39, 0.29) is 5.78 Å². The number of ketones is 1. The first-order chi connectivity index (χ1) is 8.99. The molecule has 0 rings (SSSR count). The summed E-state index contributed by atoms with van der Waals surface area (Å²) in [6.45, 7) is 10.2. The van der Waals surface area contributed by atoms with E-state index >= 15 is 0 Å². The summed E-state index contributed by atoms with van der Waals surface area (Å²) in [4.78, 5) is 10.9. The molecular weight excluding hydrogens is 232 g/mol. The van der Waals surface area contributed by atoms with Gasteiger partial charge in [0.1, 0.15) is 0 Å². The third-order valence-electron chi connectivity index (χ3n) is 3.48. The first-order valence-electron chi connectivity index (χ1n) is 7.50. The van der Waals surface area contributed by atoms with E-state index in [0.29, 0.717) is 0 Å². The molecule has 0 aliphatic rings. The molecule has 0 N–H and O–H groups in total. The Morgan fingerprint density at radius 3 is 2.37 bits per heavy atom. The zero-order valence-electron chi connectivity index (χ0n) is 13.3. The van der Waals surface area contributed by atoms with E-state index in [1.54, 1.807) is 13.0 Å². The van der Waals surface area contributed by atoms with Crippen LogP contribution in [0.25, 0.3) is 0 Å². The highest BCUT2D eigenvalue weighted by Crippen LogP contribution is 2.17. The molecule has 0 amide bonds. The summed E-state index contributed by atoms with van der Waals surface area (Å²) in [5.74, 6) is 0.872. The van der Waals surface area contributed by atoms with Crippen molar-refractivity contribution >= 4 is 5.78 Å². The Morgan fingerprint density at radius 2 is 1.84 bits per heavy atom. The molecule has 1 heteroatoms. The van der Waals surface area contributed by atoms with Gasteiger partial charge in [-0.3, -0.25) is 4.79 Å². The van der Waals surface area contributed by atoms with Crippen molar-refractivity contribution in [2.45, 2.75) is 66.7 Å². The Bertz CT molecular complexity index is 345. The topological polar surface area (TPSA) is 17.1 Å². The van der Waals surface area contributed by atoms with Crippen molar-refractivity contribution in [2.24, 2.45) is 5.92 Å². The molecule has 0 aromatic heterocycles. The second-order valence-corrected chi connectivity index (χ2v) is 5.39. The molecule has 19 heavy (non-hydrogen) atoms. The second kappa shape index (κ2) is 10.8. The van der Waals surface area contributed by atoms with Crippen molar-refractivity contribution in [3.63, 3.8) is 0 Å². The maximum atomic E-state index is 10.9. The molecule has 0 aliphatic carbocycles. The largest absolute Gasteiger partial charge is 0.295 e. The lowest BCUT2D eigenvalue weighted by molar-refractivity contribution is -0.112. The van der Waals surface area contributed by atoms with Crippen LogP contribution in [0.1, 0.15) is 66.7 Å². The van der Waals surface area contributed by atoms with E-state index in [2.05, 4.69) is 39.0 Å². The van der Waals surface area contributed by atoms with E-state index in [4.69, 9.17) is 0 Å². The van der Waals surface area contributed by atoms with Gasteiger partial charge in [-0.05, 0) is 64.0 Å². The molecule has 108 valence electrons. The third-order valence-corrected chi connectivity index (χ3v) is 3.48. The SMILES string of the molecule is CC/C(C)=C/CCC(CC)C/C=C/C(C)=C/C(C)=O. The van der Waals surface area contributed by atoms with Gasteiger partial charge in [-0.2, -0.15) is 0 Å². The number of carbonyl (C=O) groups is 1. The predicted molar refractivity (Wildman–Crippen MR) is 85.3 cm³/mol. The van der Waals surface area contributed by atoms with Gasteiger partial charge in [0.2, 0.25) is 0 Å².